The first-order chi connectivity index (χ1) is 14.9. The fourth-order valence-corrected chi connectivity index (χ4v) is 4.82. The maximum Gasteiger partial charge on any atom is 0.0786 e. The van der Waals surface area contributed by atoms with Gasteiger partial charge in [0.25, 0.3) is 0 Å². The first-order valence-electron chi connectivity index (χ1n) is 10.9. The summed E-state index contributed by atoms with van der Waals surface area (Å²) in [5.74, 6) is 0.850. The summed E-state index contributed by atoms with van der Waals surface area (Å²) in [5.41, 5.74) is 4.79. The molecular formula is C27H27N3. The lowest BCUT2D eigenvalue weighted by Gasteiger charge is -2.31. The molecule has 0 spiro atoms. The highest BCUT2D eigenvalue weighted by molar-refractivity contribution is 5.87. The van der Waals surface area contributed by atoms with E-state index in [-0.39, 0.29) is 5.92 Å². The molecule has 0 aliphatic carbocycles. The number of fused-ring (bicyclic) bond motifs is 1. The molecular weight excluding hydrogens is 366 g/mol. The molecule has 1 aliphatic rings. The average molecular weight is 394 g/mol. The van der Waals surface area contributed by atoms with Crippen LogP contribution in [0.1, 0.15) is 41.3 Å². The molecule has 3 heteroatoms. The highest BCUT2D eigenvalue weighted by atomic mass is 15.1. The highest BCUT2D eigenvalue weighted by Gasteiger charge is 2.29. The molecule has 1 unspecified atom stereocenters. The first-order valence-corrected chi connectivity index (χ1v) is 10.9. The molecule has 0 radical (unpaired) electrons. The topological polar surface area (TPSA) is 37.8 Å². The van der Waals surface area contributed by atoms with E-state index in [1.54, 1.807) is 0 Å². The van der Waals surface area contributed by atoms with Crippen molar-refractivity contribution in [1.82, 2.24) is 15.5 Å². The molecule has 3 nitrogen and oxygen atoms in total. The number of nitrogens with one attached hydrogen (secondary N) is 1. The lowest BCUT2D eigenvalue weighted by atomic mass is 9.77. The van der Waals surface area contributed by atoms with E-state index < -0.39 is 0 Å². The van der Waals surface area contributed by atoms with E-state index in [4.69, 9.17) is 10.2 Å². The number of nitrogens with zero attached hydrogens (tertiary/aromatic N) is 2. The summed E-state index contributed by atoms with van der Waals surface area (Å²) < 4.78 is 0. The van der Waals surface area contributed by atoms with Gasteiger partial charge in [-0.2, -0.15) is 10.2 Å². The van der Waals surface area contributed by atoms with Gasteiger partial charge in [-0.15, -0.1) is 0 Å². The lowest BCUT2D eigenvalue weighted by Crippen LogP contribution is -2.31. The van der Waals surface area contributed by atoms with E-state index in [1.807, 2.05) is 0 Å². The van der Waals surface area contributed by atoms with Crippen LogP contribution in [0.4, 0.5) is 0 Å². The number of hydrogen-bond acceptors (Lipinski definition) is 3. The zero-order valence-corrected chi connectivity index (χ0v) is 17.2. The predicted molar refractivity (Wildman–Crippen MR) is 123 cm³/mol. The smallest absolute Gasteiger partial charge is 0.0786 e. The molecule has 5 rings (SSSR count). The molecule has 1 fully saturated rings. The summed E-state index contributed by atoms with van der Waals surface area (Å²) in [5, 5.41) is 15.6. The van der Waals surface area contributed by atoms with Crippen LogP contribution in [0, 0.1) is 5.92 Å². The van der Waals surface area contributed by atoms with Crippen LogP contribution in [0.15, 0.2) is 84.9 Å². The molecule has 2 heterocycles. The van der Waals surface area contributed by atoms with Crippen LogP contribution in [0.25, 0.3) is 10.8 Å². The summed E-state index contributed by atoms with van der Waals surface area (Å²) in [6, 6.07) is 30.1. The van der Waals surface area contributed by atoms with Crippen LogP contribution >= 0.6 is 0 Å². The van der Waals surface area contributed by atoms with Crippen molar-refractivity contribution in [1.29, 1.82) is 0 Å². The van der Waals surface area contributed by atoms with Crippen LogP contribution in [-0.2, 0) is 6.42 Å². The second-order valence-corrected chi connectivity index (χ2v) is 8.22. The molecule has 1 saturated heterocycles. The largest absolute Gasteiger partial charge is 0.317 e. The van der Waals surface area contributed by atoms with Gasteiger partial charge in [-0.3, -0.25) is 0 Å². The van der Waals surface area contributed by atoms with Crippen LogP contribution in [0.2, 0.25) is 0 Å². The lowest BCUT2D eigenvalue weighted by molar-refractivity contribution is 0.339. The summed E-state index contributed by atoms with van der Waals surface area (Å²) in [4.78, 5) is 0. The molecule has 0 saturated carbocycles. The molecule has 1 aliphatic heterocycles. The highest BCUT2D eigenvalue weighted by Crippen LogP contribution is 2.39. The van der Waals surface area contributed by atoms with Gasteiger partial charge in [-0.25, -0.2) is 0 Å². The number of benzene rings is 3. The fourth-order valence-electron chi connectivity index (χ4n) is 4.82. The molecule has 0 amide bonds. The van der Waals surface area contributed by atoms with E-state index in [0.717, 1.165) is 30.9 Å². The maximum atomic E-state index is 4.88. The van der Waals surface area contributed by atoms with Gasteiger partial charge in [0.05, 0.1) is 11.4 Å². The van der Waals surface area contributed by atoms with Gasteiger partial charge in [0.2, 0.25) is 0 Å². The van der Waals surface area contributed by atoms with Crippen molar-refractivity contribution in [2.75, 3.05) is 13.1 Å². The van der Waals surface area contributed by atoms with Gasteiger partial charge in [-0.1, -0.05) is 84.9 Å². The van der Waals surface area contributed by atoms with Crippen molar-refractivity contribution < 1.29 is 0 Å². The molecule has 3 aromatic carbocycles. The Balaban J connectivity index is 1.62. The Hall–Kier alpha value is -3.04. The standard InChI is InChI=1S/C27H27N3/c1-3-9-20(10-4-1)19-25-23-13-7-8-14-24(23)27(30-29-25)26(21-11-5-2-6-12-21)22-15-17-28-18-16-22/h1-14,22,26,28H,15-19H2. The van der Waals surface area contributed by atoms with Crippen molar-refractivity contribution in [3.63, 3.8) is 0 Å². The Morgan fingerprint density at radius 3 is 2.10 bits per heavy atom. The quantitative estimate of drug-likeness (QED) is 0.496. The SMILES string of the molecule is c1ccc(Cc2nnc(C(c3ccccc3)C3CCNCC3)c3ccccc23)cc1. The Labute approximate surface area is 178 Å². The van der Waals surface area contributed by atoms with Gasteiger partial charge in [0.1, 0.15) is 0 Å². The normalized spacial score (nSPS) is 15.9. The van der Waals surface area contributed by atoms with Gasteiger partial charge in [0.15, 0.2) is 0 Å². The summed E-state index contributed by atoms with van der Waals surface area (Å²) >= 11 is 0. The molecule has 150 valence electrons. The summed E-state index contributed by atoms with van der Waals surface area (Å²) in [6.45, 7) is 2.15. The minimum Gasteiger partial charge on any atom is -0.317 e. The number of rotatable bonds is 5. The Kier molecular flexibility index (Phi) is 5.54. The molecule has 1 atom stereocenters. The van der Waals surface area contributed by atoms with Gasteiger partial charge in [-0.05, 0) is 43.0 Å². The minimum atomic E-state index is 0.275. The van der Waals surface area contributed by atoms with Gasteiger partial charge in [0, 0.05) is 23.1 Å². The minimum absolute atomic E-state index is 0.275. The molecule has 1 aromatic heterocycles. The number of piperidine rings is 1. The van der Waals surface area contributed by atoms with Gasteiger partial charge < -0.3 is 5.32 Å². The second kappa shape index (κ2) is 8.76. The zero-order chi connectivity index (χ0) is 20.2. The first kappa shape index (κ1) is 19.0. The Morgan fingerprint density at radius 1 is 0.733 bits per heavy atom. The summed E-state index contributed by atoms with van der Waals surface area (Å²) in [6.07, 6.45) is 3.14. The Bertz CT molecular complexity index is 1100. The third kappa shape index (κ3) is 3.86. The van der Waals surface area contributed by atoms with Crippen molar-refractivity contribution in [3.8, 4) is 0 Å². The monoisotopic (exact) mass is 393 g/mol. The number of hydrogen-bond donors (Lipinski definition) is 1. The van der Waals surface area contributed by atoms with Crippen molar-refractivity contribution >= 4 is 10.8 Å². The third-order valence-electron chi connectivity index (χ3n) is 6.32. The van der Waals surface area contributed by atoms with E-state index in [0.29, 0.717) is 5.92 Å². The fraction of sp³-hybridized carbons (Fsp3) is 0.259. The van der Waals surface area contributed by atoms with Crippen LogP contribution < -0.4 is 5.32 Å². The van der Waals surface area contributed by atoms with Crippen molar-refractivity contribution in [3.05, 3.63) is 107 Å². The van der Waals surface area contributed by atoms with E-state index >= 15 is 0 Å². The maximum absolute atomic E-state index is 4.88. The second-order valence-electron chi connectivity index (χ2n) is 8.22. The predicted octanol–water partition coefficient (Wildman–Crippen LogP) is 5.35. The van der Waals surface area contributed by atoms with Crippen LogP contribution in [0.5, 0.6) is 0 Å². The van der Waals surface area contributed by atoms with E-state index in [1.165, 1.54) is 34.7 Å². The van der Waals surface area contributed by atoms with Crippen LogP contribution in [-0.4, -0.2) is 23.3 Å². The molecule has 4 aromatic rings. The van der Waals surface area contributed by atoms with E-state index in [9.17, 15) is 0 Å². The third-order valence-corrected chi connectivity index (χ3v) is 6.32. The average Bonchev–Trinajstić information content (AvgIpc) is 2.83. The summed E-state index contributed by atoms with van der Waals surface area (Å²) in [7, 11) is 0. The number of aromatic nitrogens is 2. The van der Waals surface area contributed by atoms with Crippen molar-refractivity contribution in [2.45, 2.75) is 25.2 Å². The van der Waals surface area contributed by atoms with Crippen molar-refractivity contribution in [2.24, 2.45) is 5.92 Å². The van der Waals surface area contributed by atoms with E-state index in [2.05, 4.69) is 90.2 Å². The zero-order valence-electron chi connectivity index (χ0n) is 17.2. The van der Waals surface area contributed by atoms with Gasteiger partial charge >= 0.3 is 0 Å². The van der Waals surface area contributed by atoms with Crippen LogP contribution in [0.3, 0.4) is 0 Å². The molecule has 1 N–H and O–H groups in total. The molecule has 30 heavy (non-hydrogen) atoms. The molecule has 0 bridgehead atoms. The Morgan fingerprint density at radius 2 is 1.37 bits per heavy atom.